The molecule has 36 heavy (non-hydrogen) atoms. The standard InChI is InChI=1S/C27H27ClFNO6/c1-17(34-20-8-10-21(11-9-20)35-25-22(29)14-19(28)16-30-25)26(31)33-13-5-12-32-23-7-4-6-18-15-27(2,3)36-24(18)23/h4,6-11,14,16-17H,5,12-13,15H2,1-3H3/t17-/m1/s1. The first-order chi connectivity index (χ1) is 17.2. The number of fused-ring (bicyclic) bond motifs is 1. The number of aromatic nitrogens is 1. The normalized spacial score (nSPS) is 14.4. The maximum absolute atomic E-state index is 13.8. The lowest BCUT2D eigenvalue weighted by atomic mass is 10.0. The number of ether oxygens (including phenoxy) is 5. The van der Waals surface area contributed by atoms with Crippen LogP contribution in [-0.4, -0.2) is 35.9 Å². The van der Waals surface area contributed by atoms with E-state index < -0.39 is 17.9 Å². The molecule has 0 aliphatic carbocycles. The van der Waals surface area contributed by atoms with Crippen LogP contribution in [0.15, 0.2) is 54.7 Å². The number of hydrogen-bond donors (Lipinski definition) is 0. The molecular weight excluding hydrogens is 489 g/mol. The Bertz CT molecular complexity index is 1220. The van der Waals surface area contributed by atoms with Crippen molar-refractivity contribution < 1.29 is 32.9 Å². The summed E-state index contributed by atoms with van der Waals surface area (Å²) in [4.78, 5) is 16.1. The van der Waals surface area contributed by atoms with Crippen molar-refractivity contribution in [2.75, 3.05) is 13.2 Å². The number of para-hydroxylation sites is 1. The number of carbonyl (C=O) groups is 1. The molecule has 0 spiro atoms. The van der Waals surface area contributed by atoms with Gasteiger partial charge in [0.2, 0.25) is 0 Å². The molecule has 2 aromatic carbocycles. The fourth-order valence-electron chi connectivity index (χ4n) is 3.66. The smallest absolute Gasteiger partial charge is 0.347 e. The third-order valence-corrected chi connectivity index (χ3v) is 5.51. The summed E-state index contributed by atoms with van der Waals surface area (Å²) in [6, 6.07) is 13.3. The predicted octanol–water partition coefficient (Wildman–Crippen LogP) is 6.16. The average Bonchev–Trinajstić information content (AvgIpc) is 3.16. The van der Waals surface area contributed by atoms with E-state index in [-0.39, 0.29) is 23.1 Å². The van der Waals surface area contributed by atoms with Crippen LogP contribution in [0.4, 0.5) is 4.39 Å². The monoisotopic (exact) mass is 515 g/mol. The number of carbonyl (C=O) groups excluding carboxylic acids is 1. The van der Waals surface area contributed by atoms with E-state index in [4.69, 9.17) is 35.3 Å². The van der Waals surface area contributed by atoms with E-state index in [1.165, 1.54) is 6.20 Å². The second-order valence-corrected chi connectivity index (χ2v) is 9.36. The first-order valence-corrected chi connectivity index (χ1v) is 11.9. The SMILES string of the molecule is C[C@@H](Oc1ccc(Oc2ncc(Cl)cc2F)cc1)C(=O)OCCCOc1cccc2c1OC(C)(C)C2. The molecule has 0 unspecified atom stereocenters. The molecular formula is C27H27ClFNO6. The molecule has 1 aliphatic heterocycles. The number of hydrogen-bond acceptors (Lipinski definition) is 7. The minimum atomic E-state index is -0.818. The van der Waals surface area contributed by atoms with Crippen LogP contribution in [-0.2, 0) is 16.0 Å². The molecule has 1 aromatic heterocycles. The number of rotatable bonds is 10. The highest BCUT2D eigenvalue weighted by atomic mass is 35.5. The lowest BCUT2D eigenvalue weighted by molar-refractivity contribution is -0.151. The molecule has 190 valence electrons. The van der Waals surface area contributed by atoms with Gasteiger partial charge in [-0.2, -0.15) is 0 Å². The summed E-state index contributed by atoms with van der Waals surface area (Å²) in [6.45, 7) is 6.26. The van der Waals surface area contributed by atoms with Crippen LogP contribution in [0.25, 0.3) is 0 Å². The van der Waals surface area contributed by atoms with Crippen LogP contribution in [0.2, 0.25) is 5.02 Å². The summed E-state index contributed by atoms with van der Waals surface area (Å²) in [6.07, 6.45) is 1.83. The minimum absolute atomic E-state index is 0.176. The van der Waals surface area contributed by atoms with Crippen LogP contribution in [0.5, 0.6) is 28.9 Å². The number of nitrogens with zero attached hydrogens (tertiary/aromatic N) is 1. The lowest BCUT2D eigenvalue weighted by Crippen LogP contribution is -2.26. The van der Waals surface area contributed by atoms with Gasteiger partial charge in [-0.1, -0.05) is 23.7 Å². The van der Waals surface area contributed by atoms with Gasteiger partial charge in [0, 0.05) is 24.6 Å². The highest BCUT2D eigenvalue weighted by molar-refractivity contribution is 6.30. The third-order valence-electron chi connectivity index (χ3n) is 5.30. The van der Waals surface area contributed by atoms with Gasteiger partial charge in [-0.05, 0) is 57.2 Å². The fourth-order valence-corrected chi connectivity index (χ4v) is 3.80. The van der Waals surface area contributed by atoms with E-state index in [2.05, 4.69) is 4.98 Å². The van der Waals surface area contributed by atoms with Gasteiger partial charge in [-0.3, -0.25) is 0 Å². The molecule has 2 heterocycles. The fraction of sp³-hybridized carbons (Fsp3) is 0.333. The second kappa shape index (κ2) is 11.0. The molecule has 1 aliphatic rings. The van der Waals surface area contributed by atoms with E-state index >= 15 is 0 Å². The zero-order chi connectivity index (χ0) is 25.7. The molecule has 0 radical (unpaired) electrons. The number of pyridine rings is 1. The van der Waals surface area contributed by atoms with Crippen molar-refractivity contribution in [1.29, 1.82) is 0 Å². The summed E-state index contributed by atoms with van der Waals surface area (Å²) in [5.41, 5.74) is 0.885. The predicted molar refractivity (Wildman–Crippen MR) is 132 cm³/mol. The van der Waals surface area contributed by atoms with E-state index in [0.29, 0.717) is 30.3 Å². The Balaban J connectivity index is 1.18. The van der Waals surface area contributed by atoms with Crippen LogP contribution >= 0.6 is 11.6 Å². The van der Waals surface area contributed by atoms with Gasteiger partial charge in [-0.25, -0.2) is 14.2 Å². The summed E-state index contributed by atoms with van der Waals surface area (Å²) in [7, 11) is 0. The van der Waals surface area contributed by atoms with Crippen molar-refractivity contribution in [2.24, 2.45) is 0 Å². The summed E-state index contributed by atoms with van der Waals surface area (Å²) < 4.78 is 42.0. The third kappa shape index (κ3) is 6.57. The Morgan fingerprint density at radius 3 is 2.67 bits per heavy atom. The molecule has 4 rings (SSSR count). The summed E-state index contributed by atoms with van der Waals surface area (Å²) in [5.74, 6) is 0.908. The lowest BCUT2D eigenvalue weighted by Gasteiger charge is -2.18. The quantitative estimate of drug-likeness (QED) is 0.236. The highest BCUT2D eigenvalue weighted by Gasteiger charge is 2.32. The van der Waals surface area contributed by atoms with E-state index in [1.54, 1.807) is 31.2 Å². The Kier molecular flexibility index (Phi) is 7.84. The van der Waals surface area contributed by atoms with E-state index in [1.807, 2.05) is 32.0 Å². The highest BCUT2D eigenvalue weighted by Crippen LogP contribution is 2.41. The van der Waals surface area contributed by atoms with Gasteiger partial charge >= 0.3 is 5.97 Å². The second-order valence-electron chi connectivity index (χ2n) is 8.93. The van der Waals surface area contributed by atoms with Gasteiger partial charge in [0.25, 0.3) is 5.88 Å². The number of halogens is 2. The molecule has 0 saturated carbocycles. The van der Waals surface area contributed by atoms with Gasteiger partial charge in [0.1, 0.15) is 17.1 Å². The van der Waals surface area contributed by atoms with Crippen molar-refractivity contribution >= 4 is 17.6 Å². The van der Waals surface area contributed by atoms with E-state index in [9.17, 15) is 9.18 Å². The van der Waals surface area contributed by atoms with Crippen molar-refractivity contribution in [3.8, 4) is 28.9 Å². The van der Waals surface area contributed by atoms with Crippen molar-refractivity contribution in [1.82, 2.24) is 4.98 Å². The Labute approximate surface area is 214 Å². The van der Waals surface area contributed by atoms with Gasteiger partial charge in [0.15, 0.2) is 23.4 Å². The van der Waals surface area contributed by atoms with Crippen LogP contribution in [0, 0.1) is 5.82 Å². The molecule has 9 heteroatoms. The molecule has 0 N–H and O–H groups in total. The van der Waals surface area contributed by atoms with Crippen molar-refractivity contribution in [2.45, 2.75) is 45.3 Å². The molecule has 0 amide bonds. The zero-order valence-electron chi connectivity index (χ0n) is 20.3. The van der Waals surface area contributed by atoms with Gasteiger partial charge in [0.05, 0.1) is 18.2 Å². The molecule has 7 nitrogen and oxygen atoms in total. The van der Waals surface area contributed by atoms with Crippen LogP contribution in [0.3, 0.4) is 0 Å². The van der Waals surface area contributed by atoms with Crippen LogP contribution < -0.4 is 18.9 Å². The molecule has 0 fully saturated rings. The Hall–Kier alpha value is -3.52. The average molecular weight is 516 g/mol. The number of esters is 1. The molecule has 3 aromatic rings. The topological polar surface area (TPSA) is 76.1 Å². The van der Waals surface area contributed by atoms with Crippen molar-refractivity contribution in [3.05, 3.63) is 71.1 Å². The number of benzene rings is 2. The molecule has 1 atom stereocenters. The molecule has 0 saturated heterocycles. The first-order valence-electron chi connectivity index (χ1n) is 11.6. The maximum Gasteiger partial charge on any atom is 0.347 e. The largest absolute Gasteiger partial charge is 0.490 e. The van der Waals surface area contributed by atoms with E-state index in [0.717, 1.165) is 23.8 Å². The minimum Gasteiger partial charge on any atom is -0.490 e. The maximum atomic E-state index is 13.8. The van der Waals surface area contributed by atoms with Crippen molar-refractivity contribution in [3.63, 3.8) is 0 Å². The summed E-state index contributed by atoms with van der Waals surface area (Å²) in [5, 5.41) is 0.176. The van der Waals surface area contributed by atoms with Gasteiger partial charge in [-0.15, -0.1) is 0 Å². The summed E-state index contributed by atoms with van der Waals surface area (Å²) >= 11 is 5.69. The molecule has 0 bridgehead atoms. The van der Waals surface area contributed by atoms with Gasteiger partial charge < -0.3 is 23.7 Å². The van der Waals surface area contributed by atoms with Crippen LogP contribution in [0.1, 0.15) is 32.8 Å². The Morgan fingerprint density at radius 2 is 1.92 bits per heavy atom. The first kappa shape index (κ1) is 25.6. The Morgan fingerprint density at radius 1 is 1.17 bits per heavy atom. The zero-order valence-corrected chi connectivity index (χ0v) is 21.0.